The molecule has 22 heavy (non-hydrogen) atoms. The highest BCUT2D eigenvalue weighted by atomic mass is 32.2. The number of nitrogens with zero attached hydrogens (tertiary/aromatic N) is 1. The summed E-state index contributed by atoms with van der Waals surface area (Å²) < 4.78 is 33.9. The zero-order chi connectivity index (χ0) is 16.2. The predicted octanol–water partition coefficient (Wildman–Crippen LogP) is 1.99. The molecule has 1 spiro atoms. The van der Waals surface area contributed by atoms with E-state index >= 15 is 0 Å². The fraction of sp³-hybridized carbons (Fsp3) is 1.00. The van der Waals surface area contributed by atoms with Gasteiger partial charge in [-0.05, 0) is 31.7 Å². The molecule has 1 aliphatic heterocycles. The van der Waals surface area contributed by atoms with Crippen molar-refractivity contribution in [1.29, 1.82) is 0 Å². The van der Waals surface area contributed by atoms with Gasteiger partial charge in [-0.15, -0.1) is 0 Å². The van der Waals surface area contributed by atoms with E-state index < -0.39 is 10.0 Å². The Morgan fingerprint density at radius 1 is 1.36 bits per heavy atom. The van der Waals surface area contributed by atoms with E-state index in [-0.39, 0.29) is 23.3 Å². The standard InChI is InChI=1S/C16H32N2O3S/c1-4-9-18-10-11-21-16(13-18)8-6-5-7-15(16)17-22(19,20)12-14(2)3/h14-15,17H,4-13H2,1-3H3/t15-,16-/m1/s1. The van der Waals surface area contributed by atoms with Gasteiger partial charge in [0.15, 0.2) is 0 Å². The van der Waals surface area contributed by atoms with Crippen LogP contribution in [0.15, 0.2) is 0 Å². The molecule has 0 aromatic heterocycles. The number of morpholine rings is 1. The molecule has 0 unspecified atom stereocenters. The van der Waals surface area contributed by atoms with Crippen molar-refractivity contribution in [2.24, 2.45) is 5.92 Å². The van der Waals surface area contributed by atoms with Crippen LogP contribution in [-0.4, -0.2) is 57.0 Å². The van der Waals surface area contributed by atoms with Crippen molar-refractivity contribution in [3.8, 4) is 0 Å². The molecule has 2 atom stereocenters. The van der Waals surface area contributed by atoms with Crippen molar-refractivity contribution in [2.75, 3.05) is 32.0 Å². The minimum absolute atomic E-state index is 0.0790. The quantitative estimate of drug-likeness (QED) is 0.808. The average Bonchev–Trinajstić information content (AvgIpc) is 2.41. The number of hydrogen-bond acceptors (Lipinski definition) is 4. The van der Waals surface area contributed by atoms with E-state index in [0.29, 0.717) is 6.61 Å². The van der Waals surface area contributed by atoms with E-state index in [1.54, 1.807) is 0 Å². The number of rotatable bonds is 6. The molecule has 1 aliphatic carbocycles. The van der Waals surface area contributed by atoms with Crippen LogP contribution in [0.1, 0.15) is 52.9 Å². The van der Waals surface area contributed by atoms with Crippen molar-refractivity contribution in [2.45, 2.75) is 64.5 Å². The van der Waals surface area contributed by atoms with Crippen LogP contribution in [0.25, 0.3) is 0 Å². The summed E-state index contributed by atoms with van der Waals surface area (Å²) in [6.45, 7) is 9.66. The molecule has 2 rings (SSSR count). The lowest BCUT2D eigenvalue weighted by Gasteiger charge is -2.49. The molecule has 130 valence electrons. The Morgan fingerprint density at radius 3 is 2.82 bits per heavy atom. The van der Waals surface area contributed by atoms with Crippen LogP contribution >= 0.6 is 0 Å². The second-order valence-electron chi connectivity index (χ2n) is 7.28. The highest BCUT2D eigenvalue weighted by Crippen LogP contribution is 2.35. The third-order valence-electron chi connectivity index (χ3n) is 4.68. The van der Waals surface area contributed by atoms with Crippen LogP contribution in [0, 0.1) is 5.92 Å². The summed E-state index contributed by atoms with van der Waals surface area (Å²) in [6, 6.07) is -0.0790. The minimum Gasteiger partial charge on any atom is -0.371 e. The molecule has 1 saturated carbocycles. The summed E-state index contributed by atoms with van der Waals surface area (Å²) in [4.78, 5) is 2.43. The van der Waals surface area contributed by atoms with Crippen LogP contribution < -0.4 is 4.72 Å². The summed E-state index contributed by atoms with van der Waals surface area (Å²) in [6.07, 6.45) is 5.18. The van der Waals surface area contributed by atoms with Gasteiger partial charge in [0.1, 0.15) is 0 Å². The van der Waals surface area contributed by atoms with Gasteiger partial charge in [-0.25, -0.2) is 13.1 Å². The Hall–Kier alpha value is -0.170. The van der Waals surface area contributed by atoms with E-state index in [1.165, 1.54) is 0 Å². The van der Waals surface area contributed by atoms with Gasteiger partial charge in [-0.2, -0.15) is 0 Å². The van der Waals surface area contributed by atoms with Crippen molar-refractivity contribution in [3.63, 3.8) is 0 Å². The van der Waals surface area contributed by atoms with Crippen LogP contribution in [0.5, 0.6) is 0 Å². The van der Waals surface area contributed by atoms with Gasteiger partial charge in [0, 0.05) is 13.1 Å². The largest absolute Gasteiger partial charge is 0.371 e. The molecule has 1 N–H and O–H groups in total. The van der Waals surface area contributed by atoms with Crippen LogP contribution in [-0.2, 0) is 14.8 Å². The lowest BCUT2D eigenvalue weighted by atomic mass is 9.79. The molecule has 0 amide bonds. The number of ether oxygens (including phenoxy) is 1. The minimum atomic E-state index is -3.23. The summed E-state index contributed by atoms with van der Waals surface area (Å²) in [5, 5.41) is 0. The Morgan fingerprint density at radius 2 is 2.14 bits per heavy atom. The fourth-order valence-corrected chi connectivity index (χ4v) is 5.57. The maximum Gasteiger partial charge on any atom is 0.212 e. The van der Waals surface area contributed by atoms with E-state index in [1.807, 2.05) is 13.8 Å². The Bertz CT molecular complexity index is 446. The molecule has 6 heteroatoms. The molecule has 0 radical (unpaired) electrons. The summed E-state index contributed by atoms with van der Waals surface area (Å²) >= 11 is 0. The number of nitrogens with one attached hydrogen (secondary N) is 1. The number of sulfonamides is 1. The summed E-state index contributed by atoms with van der Waals surface area (Å²) in [5.41, 5.74) is -0.324. The summed E-state index contributed by atoms with van der Waals surface area (Å²) in [7, 11) is -3.23. The first kappa shape index (κ1) is 18.2. The first-order valence-electron chi connectivity index (χ1n) is 8.73. The van der Waals surface area contributed by atoms with E-state index in [4.69, 9.17) is 4.74 Å². The molecule has 2 aliphatic rings. The third-order valence-corrected chi connectivity index (χ3v) is 6.43. The zero-order valence-electron chi connectivity index (χ0n) is 14.3. The average molecular weight is 333 g/mol. The Labute approximate surface area is 135 Å². The first-order chi connectivity index (χ1) is 10.4. The highest BCUT2D eigenvalue weighted by molar-refractivity contribution is 7.89. The van der Waals surface area contributed by atoms with Crippen molar-refractivity contribution in [3.05, 3.63) is 0 Å². The van der Waals surface area contributed by atoms with Gasteiger partial charge in [0.05, 0.1) is 24.0 Å². The molecule has 1 saturated heterocycles. The lowest BCUT2D eigenvalue weighted by molar-refractivity contribution is -0.139. The molecule has 2 fully saturated rings. The molecule has 0 bridgehead atoms. The summed E-state index contributed by atoms with van der Waals surface area (Å²) in [5.74, 6) is 0.332. The topological polar surface area (TPSA) is 58.6 Å². The molecular formula is C16H32N2O3S. The van der Waals surface area contributed by atoms with Gasteiger partial charge in [0.25, 0.3) is 0 Å². The molecular weight excluding hydrogens is 300 g/mol. The van der Waals surface area contributed by atoms with Crippen molar-refractivity contribution < 1.29 is 13.2 Å². The zero-order valence-corrected chi connectivity index (χ0v) is 15.1. The van der Waals surface area contributed by atoms with Crippen molar-refractivity contribution in [1.82, 2.24) is 9.62 Å². The first-order valence-corrected chi connectivity index (χ1v) is 10.4. The third kappa shape index (κ3) is 4.66. The van der Waals surface area contributed by atoms with Gasteiger partial charge >= 0.3 is 0 Å². The maximum atomic E-state index is 12.4. The van der Waals surface area contributed by atoms with Gasteiger partial charge in [-0.3, -0.25) is 4.90 Å². The van der Waals surface area contributed by atoms with Gasteiger partial charge < -0.3 is 4.74 Å². The Kier molecular flexibility index (Phi) is 6.28. The predicted molar refractivity (Wildman–Crippen MR) is 89.4 cm³/mol. The second kappa shape index (κ2) is 7.60. The number of hydrogen-bond donors (Lipinski definition) is 1. The molecule has 1 heterocycles. The van der Waals surface area contributed by atoms with Crippen molar-refractivity contribution >= 4 is 10.0 Å². The van der Waals surface area contributed by atoms with E-state index in [0.717, 1.165) is 51.7 Å². The van der Waals surface area contributed by atoms with Gasteiger partial charge in [-0.1, -0.05) is 33.6 Å². The maximum absolute atomic E-state index is 12.4. The van der Waals surface area contributed by atoms with E-state index in [2.05, 4.69) is 16.5 Å². The second-order valence-corrected chi connectivity index (χ2v) is 9.08. The van der Waals surface area contributed by atoms with E-state index in [9.17, 15) is 8.42 Å². The molecule has 0 aromatic carbocycles. The normalized spacial score (nSPS) is 31.0. The Balaban J connectivity index is 2.10. The van der Waals surface area contributed by atoms with Crippen LogP contribution in [0.4, 0.5) is 0 Å². The monoisotopic (exact) mass is 332 g/mol. The fourth-order valence-electron chi connectivity index (χ4n) is 3.83. The molecule has 0 aromatic rings. The van der Waals surface area contributed by atoms with Crippen LogP contribution in [0.2, 0.25) is 0 Å². The molecule has 5 nitrogen and oxygen atoms in total. The van der Waals surface area contributed by atoms with Gasteiger partial charge in [0.2, 0.25) is 10.0 Å². The smallest absolute Gasteiger partial charge is 0.212 e. The lowest BCUT2D eigenvalue weighted by Crippen LogP contribution is -2.64. The SMILES string of the molecule is CCCN1CCO[C@]2(CCCC[C@H]2NS(=O)(=O)CC(C)C)C1. The van der Waals surface area contributed by atoms with Crippen LogP contribution in [0.3, 0.4) is 0 Å². The highest BCUT2D eigenvalue weighted by Gasteiger charge is 2.46.